The largest absolute Gasteiger partial charge is 0.399 e. The Morgan fingerprint density at radius 1 is 0.909 bits per heavy atom. The molecule has 3 N–H and O–H groups in total. The normalized spacial score (nSPS) is 9.27. The first kappa shape index (κ1) is 17.7. The number of aromatic nitrogens is 3. The number of rotatable bonds is 3. The molecular formula is C15H15Cl2N5. The summed E-state index contributed by atoms with van der Waals surface area (Å²) in [6.07, 6.45) is 5.22. The fourth-order valence-corrected chi connectivity index (χ4v) is 1.79. The quantitative estimate of drug-likeness (QED) is 0.713. The van der Waals surface area contributed by atoms with Crippen LogP contribution < -0.4 is 11.1 Å². The van der Waals surface area contributed by atoms with E-state index < -0.39 is 0 Å². The summed E-state index contributed by atoms with van der Waals surface area (Å²) in [5.41, 5.74) is 9.05. The second kappa shape index (κ2) is 8.17. The SMILES string of the molecule is Cl.Cl.Nc1ccc(Nc2nccc(-c3cccnc3)n2)cc1. The fourth-order valence-electron chi connectivity index (χ4n) is 1.79. The number of halogens is 2. The molecule has 0 saturated carbocycles. The van der Waals surface area contributed by atoms with Crippen LogP contribution in [0.5, 0.6) is 0 Å². The lowest BCUT2D eigenvalue weighted by Gasteiger charge is -2.06. The van der Waals surface area contributed by atoms with Gasteiger partial charge in [0, 0.05) is 35.5 Å². The molecule has 114 valence electrons. The molecule has 0 spiro atoms. The van der Waals surface area contributed by atoms with Crippen LogP contribution in [0.2, 0.25) is 0 Å². The first-order valence-electron chi connectivity index (χ1n) is 6.17. The van der Waals surface area contributed by atoms with Gasteiger partial charge in [-0.05, 0) is 42.5 Å². The Balaban J connectivity index is 0.00000121. The predicted octanol–water partition coefficient (Wildman–Crippen LogP) is 3.71. The van der Waals surface area contributed by atoms with Gasteiger partial charge in [-0.2, -0.15) is 0 Å². The van der Waals surface area contributed by atoms with Crippen molar-refractivity contribution in [2.45, 2.75) is 0 Å². The van der Waals surface area contributed by atoms with Gasteiger partial charge in [0.25, 0.3) is 0 Å². The van der Waals surface area contributed by atoms with Crippen molar-refractivity contribution in [1.82, 2.24) is 15.0 Å². The van der Waals surface area contributed by atoms with Crippen molar-refractivity contribution in [2.24, 2.45) is 0 Å². The van der Waals surface area contributed by atoms with E-state index in [1.165, 1.54) is 0 Å². The molecule has 22 heavy (non-hydrogen) atoms. The van der Waals surface area contributed by atoms with E-state index in [-0.39, 0.29) is 24.8 Å². The molecule has 3 aromatic rings. The number of nitrogen functional groups attached to an aromatic ring is 1. The van der Waals surface area contributed by atoms with E-state index >= 15 is 0 Å². The molecule has 0 bridgehead atoms. The smallest absolute Gasteiger partial charge is 0.227 e. The molecule has 0 atom stereocenters. The average Bonchev–Trinajstić information content (AvgIpc) is 2.51. The van der Waals surface area contributed by atoms with Gasteiger partial charge in [0.2, 0.25) is 5.95 Å². The molecule has 0 radical (unpaired) electrons. The average molecular weight is 336 g/mol. The summed E-state index contributed by atoms with van der Waals surface area (Å²) in [5.74, 6) is 0.538. The van der Waals surface area contributed by atoms with Crippen LogP contribution in [0.25, 0.3) is 11.3 Å². The van der Waals surface area contributed by atoms with Gasteiger partial charge in [0.1, 0.15) is 0 Å². The Morgan fingerprint density at radius 2 is 1.68 bits per heavy atom. The molecule has 1 aromatic carbocycles. The Morgan fingerprint density at radius 3 is 2.36 bits per heavy atom. The van der Waals surface area contributed by atoms with E-state index in [9.17, 15) is 0 Å². The number of nitrogens with two attached hydrogens (primary N) is 1. The van der Waals surface area contributed by atoms with Crippen LogP contribution in [0, 0.1) is 0 Å². The zero-order valence-electron chi connectivity index (χ0n) is 11.5. The third kappa shape index (κ3) is 4.31. The minimum atomic E-state index is 0. The monoisotopic (exact) mass is 335 g/mol. The van der Waals surface area contributed by atoms with Crippen molar-refractivity contribution in [1.29, 1.82) is 0 Å². The second-order valence-corrected chi connectivity index (χ2v) is 4.25. The third-order valence-corrected chi connectivity index (χ3v) is 2.78. The van der Waals surface area contributed by atoms with Gasteiger partial charge in [-0.25, -0.2) is 9.97 Å². The molecule has 0 aliphatic heterocycles. The Hall–Kier alpha value is -2.37. The Labute approximate surface area is 140 Å². The molecular weight excluding hydrogens is 321 g/mol. The zero-order valence-corrected chi connectivity index (χ0v) is 13.1. The minimum Gasteiger partial charge on any atom is -0.399 e. The van der Waals surface area contributed by atoms with Crippen LogP contribution in [0.3, 0.4) is 0 Å². The second-order valence-electron chi connectivity index (χ2n) is 4.25. The van der Waals surface area contributed by atoms with Gasteiger partial charge >= 0.3 is 0 Å². The molecule has 5 nitrogen and oxygen atoms in total. The lowest BCUT2D eigenvalue weighted by atomic mass is 10.2. The zero-order chi connectivity index (χ0) is 13.8. The molecule has 2 heterocycles. The maximum atomic E-state index is 5.65. The van der Waals surface area contributed by atoms with E-state index in [0.717, 1.165) is 22.6 Å². The van der Waals surface area contributed by atoms with Crippen molar-refractivity contribution < 1.29 is 0 Å². The van der Waals surface area contributed by atoms with E-state index in [1.807, 2.05) is 42.5 Å². The van der Waals surface area contributed by atoms with Crippen LogP contribution in [0.1, 0.15) is 0 Å². The van der Waals surface area contributed by atoms with Gasteiger partial charge in [-0.15, -0.1) is 24.8 Å². The van der Waals surface area contributed by atoms with Gasteiger partial charge in [-0.1, -0.05) is 0 Å². The topological polar surface area (TPSA) is 76.7 Å². The Kier molecular flexibility index (Phi) is 6.56. The maximum Gasteiger partial charge on any atom is 0.227 e. The molecule has 0 aliphatic rings. The van der Waals surface area contributed by atoms with Crippen LogP contribution in [-0.4, -0.2) is 15.0 Å². The van der Waals surface area contributed by atoms with Gasteiger partial charge < -0.3 is 11.1 Å². The highest BCUT2D eigenvalue weighted by Gasteiger charge is 2.02. The standard InChI is InChI=1S/C15H13N5.2ClH/c16-12-3-5-13(6-4-12)19-15-18-9-7-14(20-15)11-2-1-8-17-10-11;;/h1-10H,16H2,(H,18,19,20);2*1H. The number of nitrogens with zero attached hydrogens (tertiary/aromatic N) is 3. The van der Waals surface area contributed by atoms with Crippen LogP contribution in [-0.2, 0) is 0 Å². The Bertz CT molecular complexity index is 705. The van der Waals surface area contributed by atoms with Gasteiger partial charge in [-0.3, -0.25) is 4.98 Å². The third-order valence-electron chi connectivity index (χ3n) is 2.78. The number of anilines is 3. The highest BCUT2D eigenvalue weighted by atomic mass is 35.5. The summed E-state index contributed by atoms with van der Waals surface area (Å²) in [4.78, 5) is 12.8. The van der Waals surface area contributed by atoms with Gasteiger partial charge in [0.05, 0.1) is 5.69 Å². The van der Waals surface area contributed by atoms with Crippen molar-refractivity contribution in [3.63, 3.8) is 0 Å². The van der Waals surface area contributed by atoms with Crippen molar-refractivity contribution in [2.75, 3.05) is 11.1 Å². The van der Waals surface area contributed by atoms with E-state index in [0.29, 0.717) is 5.95 Å². The fraction of sp³-hybridized carbons (Fsp3) is 0. The van der Waals surface area contributed by atoms with E-state index in [4.69, 9.17) is 5.73 Å². The first-order chi connectivity index (χ1) is 9.81. The number of pyridine rings is 1. The highest BCUT2D eigenvalue weighted by Crippen LogP contribution is 2.19. The van der Waals surface area contributed by atoms with Crippen LogP contribution in [0.4, 0.5) is 17.3 Å². The summed E-state index contributed by atoms with van der Waals surface area (Å²) < 4.78 is 0. The summed E-state index contributed by atoms with van der Waals surface area (Å²) in [6, 6.07) is 13.1. The highest BCUT2D eigenvalue weighted by molar-refractivity contribution is 5.85. The van der Waals surface area contributed by atoms with E-state index in [2.05, 4.69) is 20.3 Å². The minimum absolute atomic E-state index is 0. The molecule has 2 aromatic heterocycles. The number of hydrogen-bond donors (Lipinski definition) is 2. The van der Waals surface area contributed by atoms with E-state index in [1.54, 1.807) is 18.6 Å². The molecule has 0 unspecified atom stereocenters. The van der Waals surface area contributed by atoms with Crippen LogP contribution >= 0.6 is 24.8 Å². The summed E-state index contributed by atoms with van der Waals surface area (Å²) in [7, 11) is 0. The number of benzene rings is 1. The number of hydrogen-bond acceptors (Lipinski definition) is 5. The van der Waals surface area contributed by atoms with Crippen molar-refractivity contribution in [3.8, 4) is 11.3 Å². The molecule has 0 amide bonds. The lowest BCUT2D eigenvalue weighted by Crippen LogP contribution is -1.98. The van der Waals surface area contributed by atoms with Crippen LogP contribution in [0.15, 0.2) is 61.1 Å². The van der Waals surface area contributed by atoms with Crippen molar-refractivity contribution in [3.05, 3.63) is 61.1 Å². The van der Waals surface area contributed by atoms with Crippen molar-refractivity contribution >= 4 is 42.1 Å². The summed E-state index contributed by atoms with van der Waals surface area (Å²) in [6.45, 7) is 0. The first-order valence-corrected chi connectivity index (χ1v) is 6.17. The summed E-state index contributed by atoms with van der Waals surface area (Å²) >= 11 is 0. The number of nitrogens with one attached hydrogen (secondary N) is 1. The molecule has 3 rings (SSSR count). The summed E-state index contributed by atoms with van der Waals surface area (Å²) in [5, 5.41) is 3.14. The molecule has 7 heteroatoms. The van der Waals surface area contributed by atoms with Gasteiger partial charge in [0.15, 0.2) is 0 Å². The lowest BCUT2D eigenvalue weighted by molar-refractivity contribution is 1.16. The molecule has 0 fully saturated rings. The predicted molar refractivity (Wildman–Crippen MR) is 93.9 cm³/mol. The molecule has 0 saturated heterocycles. The maximum absolute atomic E-state index is 5.65. The molecule has 0 aliphatic carbocycles.